The van der Waals surface area contributed by atoms with Gasteiger partial charge in [0.25, 0.3) is 0 Å². The van der Waals surface area contributed by atoms with Crippen LogP contribution in [0.4, 0.5) is 23.1 Å². The second-order valence-corrected chi connectivity index (χ2v) is 5.70. The summed E-state index contributed by atoms with van der Waals surface area (Å²) in [5.41, 5.74) is 1.61. The Labute approximate surface area is 157 Å². The molecule has 0 aliphatic heterocycles. The number of nitrogens with one attached hydrogen (secondary N) is 2. The van der Waals surface area contributed by atoms with Crippen LogP contribution in [-0.4, -0.2) is 23.7 Å². The molecule has 2 aromatic carbocycles. The molecule has 134 valence electrons. The molecule has 0 unspecified atom stereocenters. The quantitative estimate of drug-likeness (QED) is 0.608. The predicted molar refractivity (Wildman–Crippen MR) is 104 cm³/mol. The van der Waals surface area contributed by atoms with Crippen molar-refractivity contribution in [3.05, 3.63) is 59.8 Å². The Morgan fingerprint density at radius 1 is 1.04 bits per heavy atom. The lowest BCUT2D eigenvalue weighted by Gasteiger charge is -2.12. The number of aromatic nitrogens is 2. The Hall–Kier alpha value is -2.99. The maximum Gasteiger partial charge on any atom is 0.229 e. The zero-order valence-electron chi connectivity index (χ0n) is 14.5. The molecule has 0 bridgehead atoms. The molecule has 3 aromatic rings. The van der Waals surface area contributed by atoms with Crippen LogP contribution in [0.1, 0.15) is 6.92 Å². The van der Waals surface area contributed by atoms with E-state index in [-0.39, 0.29) is 0 Å². The van der Waals surface area contributed by atoms with Gasteiger partial charge in [-0.2, -0.15) is 4.98 Å². The van der Waals surface area contributed by atoms with Crippen LogP contribution in [0, 0.1) is 0 Å². The van der Waals surface area contributed by atoms with Crippen molar-refractivity contribution in [3.8, 4) is 11.5 Å². The molecule has 1 heterocycles. The van der Waals surface area contributed by atoms with E-state index in [1.54, 1.807) is 31.5 Å². The highest BCUT2D eigenvalue weighted by Crippen LogP contribution is 2.29. The van der Waals surface area contributed by atoms with Crippen molar-refractivity contribution in [2.24, 2.45) is 0 Å². The number of benzene rings is 2. The smallest absolute Gasteiger partial charge is 0.229 e. The predicted octanol–water partition coefficient (Wildman–Crippen LogP) is 5.02. The number of ether oxygens (including phenoxy) is 2. The van der Waals surface area contributed by atoms with Gasteiger partial charge in [-0.25, -0.2) is 4.98 Å². The number of hydrogen-bond donors (Lipinski definition) is 2. The molecule has 0 aliphatic rings. The average Bonchev–Trinajstić information content (AvgIpc) is 2.64. The van der Waals surface area contributed by atoms with E-state index < -0.39 is 0 Å². The van der Waals surface area contributed by atoms with Crippen LogP contribution in [0.15, 0.2) is 54.7 Å². The Morgan fingerprint density at radius 2 is 1.88 bits per heavy atom. The first-order chi connectivity index (χ1) is 12.7. The third kappa shape index (κ3) is 4.34. The fourth-order valence-electron chi connectivity index (χ4n) is 2.35. The minimum absolute atomic E-state index is 0.449. The molecule has 7 heteroatoms. The van der Waals surface area contributed by atoms with Gasteiger partial charge < -0.3 is 20.1 Å². The lowest BCUT2D eigenvalue weighted by Crippen LogP contribution is -2.02. The number of rotatable bonds is 7. The lowest BCUT2D eigenvalue weighted by molar-refractivity contribution is 0.342. The van der Waals surface area contributed by atoms with Gasteiger partial charge >= 0.3 is 0 Å². The number of anilines is 4. The van der Waals surface area contributed by atoms with Gasteiger partial charge in [-0.1, -0.05) is 23.7 Å². The van der Waals surface area contributed by atoms with E-state index in [2.05, 4.69) is 20.6 Å². The summed E-state index contributed by atoms with van der Waals surface area (Å²) < 4.78 is 10.8. The first-order valence-electron chi connectivity index (χ1n) is 8.12. The van der Waals surface area contributed by atoms with E-state index in [1.807, 2.05) is 37.3 Å². The molecular weight excluding hydrogens is 352 g/mol. The second-order valence-electron chi connectivity index (χ2n) is 5.29. The number of para-hydroxylation sites is 2. The lowest BCUT2D eigenvalue weighted by atomic mass is 10.3. The van der Waals surface area contributed by atoms with Crippen molar-refractivity contribution >= 4 is 34.7 Å². The van der Waals surface area contributed by atoms with Gasteiger partial charge in [-0.05, 0) is 43.3 Å². The summed E-state index contributed by atoms with van der Waals surface area (Å²) in [6.07, 6.45) is 1.67. The number of nitrogens with zero attached hydrogens (tertiary/aromatic N) is 2. The molecule has 6 nitrogen and oxygen atoms in total. The SMILES string of the molecule is CCOc1ccccc1Nc1ccnc(Nc2ccc(OC)c(Cl)c2)n1. The first-order valence-corrected chi connectivity index (χ1v) is 8.50. The summed E-state index contributed by atoms with van der Waals surface area (Å²) in [7, 11) is 1.58. The third-order valence-corrected chi connectivity index (χ3v) is 3.81. The first kappa shape index (κ1) is 17.8. The van der Waals surface area contributed by atoms with Crippen molar-refractivity contribution in [3.63, 3.8) is 0 Å². The van der Waals surface area contributed by atoms with Crippen LogP contribution in [0.2, 0.25) is 5.02 Å². The van der Waals surface area contributed by atoms with E-state index in [0.717, 1.165) is 17.1 Å². The van der Waals surface area contributed by atoms with Crippen molar-refractivity contribution in [2.45, 2.75) is 6.92 Å². The molecule has 26 heavy (non-hydrogen) atoms. The van der Waals surface area contributed by atoms with E-state index in [4.69, 9.17) is 21.1 Å². The molecular formula is C19H19ClN4O2. The van der Waals surface area contributed by atoms with Crippen molar-refractivity contribution in [1.29, 1.82) is 0 Å². The summed E-state index contributed by atoms with van der Waals surface area (Å²) in [5.74, 6) is 2.48. The van der Waals surface area contributed by atoms with E-state index in [0.29, 0.717) is 29.1 Å². The Morgan fingerprint density at radius 3 is 2.65 bits per heavy atom. The topological polar surface area (TPSA) is 68.3 Å². The summed E-state index contributed by atoms with van der Waals surface area (Å²) in [6.45, 7) is 2.54. The fourth-order valence-corrected chi connectivity index (χ4v) is 2.61. The van der Waals surface area contributed by atoms with Crippen LogP contribution in [0.3, 0.4) is 0 Å². The van der Waals surface area contributed by atoms with Crippen LogP contribution in [0.5, 0.6) is 11.5 Å². The minimum atomic E-state index is 0.449. The van der Waals surface area contributed by atoms with Crippen molar-refractivity contribution in [1.82, 2.24) is 9.97 Å². The standard InChI is InChI=1S/C19H19ClN4O2/c1-3-26-17-7-5-4-6-15(17)23-18-10-11-21-19(24-18)22-13-8-9-16(25-2)14(20)12-13/h4-12H,3H2,1-2H3,(H2,21,22,23,24). The second kappa shape index (κ2) is 8.40. The van der Waals surface area contributed by atoms with Gasteiger partial charge in [0.2, 0.25) is 5.95 Å². The maximum absolute atomic E-state index is 6.15. The summed E-state index contributed by atoms with van der Waals surface area (Å²) in [5, 5.41) is 6.89. The molecule has 0 amide bonds. The highest BCUT2D eigenvalue weighted by atomic mass is 35.5. The zero-order chi connectivity index (χ0) is 18.4. The van der Waals surface area contributed by atoms with Crippen molar-refractivity contribution < 1.29 is 9.47 Å². The number of halogens is 1. The van der Waals surface area contributed by atoms with Gasteiger partial charge in [0.1, 0.15) is 17.3 Å². The summed E-state index contributed by atoms with van der Waals surface area (Å²) in [4.78, 5) is 8.71. The molecule has 0 spiro atoms. The average molecular weight is 371 g/mol. The van der Waals surface area contributed by atoms with Crippen LogP contribution < -0.4 is 20.1 Å². The molecule has 3 rings (SSSR count). The number of methoxy groups -OCH3 is 1. The maximum atomic E-state index is 6.15. The highest BCUT2D eigenvalue weighted by Gasteiger charge is 2.06. The van der Waals surface area contributed by atoms with Gasteiger partial charge in [0, 0.05) is 11.9 Å². The zero-order valence-corrected chi connectivity index (χ0v) is 15.2. The van der Waals surface area contributed by atoms with E-state index >= 15 is 0 Å². The van der Waals surface area contributed by atoms with E-state index in [1.165, 1.54) is 0 Å². The fraction of sp³-hybridized carbons (Fsp3) is 0.158. The minimum Gasteiger partial charge on any atom is -0.495 e. The van der Waals surface area contributed by atoms with Crippen LogP contribution >= 0.6 is 11.6 Å². The van der Waals surface area contributed by atoms with Gasteiger partial charge in [-0.3, -0.25) is 0 Å². The molecule has 0 saturated carbocycles. The largest absolute Gasteiger partial charge is 0.495 e. The molecule has 0 fully saturated rings. The van der Waals surface area contributed by atoms with Gasteiger partial charge in [0.15, 0.2) is 0 Å². The number of hydrogen-bond acceptors (Lipinski definition) is 6. The van der Waals surface area contributed by atoms with Crippen LogP contribution in [-0.2, 0) is 0 Å². The Kier molecular flexibility index (Phi) is 5.76. The molecule has 2 N–H and O–H groups in total. The highest BCUT2D eigenvalue weighted by molar-refractivity contribution is 6.32. The monoisotopic (exact) mass is 370 g/mol. The normalized spacial score (nSPS) is 10.3. The Bertz CT molecular complexity index is 889. The van der Waals surface area contributed by atoms with E-state index in [9.17, 15) is 0 Å². The van der Waals surface area contributed by atoms with Crippen LogP contribution in [0.25, 0.3) is 0 Å². The molecule has 1 aromatic heterocycles. The molecule has 0 radical (unpaired) electrons. The van der Waals surface area contributed by atoms with Crippen molar-refractivity contribution in [2.75, 3.05) is 24.4 Å². The third-order valence-electron chi connectivity index (χ3n) is 3.51. The molecule has 0 saturated heterocycles. The molecule has 0 aliphatic carbocycles. The van der Waals surface area contributed by atoms with Gasteiger partial charge in [-0.15, -0.1) is 0 Å². The summed E-state index contributed by atoms with van der Waals surface area (Å²) in [6, 6.07) is 14.9. The Balaban J connectivity index is 1.77. The summed E-state index contributed by atoms with van der Waals surface area (Å²) >= 11 is 6.15. The molecule has 0 atom stereocenters. The van der Waals surface area contributed by atoms with Gasteiger partial charge in [0.05, 0.1) is 24.4 Å².